The summed E-state index contributed by atoms with van der Waals surface area (Å²) in [6.45, 7) is 11.6. The summed E-state index contributed by atoms with van der Waals surface area (Å²) in [6, 6.07) is 10.7. The number of nitrogens with zero attached hydrogens (tertiary/aromatic N) is 1. The number of hydrogen-bond acceptors (Lipinski definition) is 5. The molecular weight excluding hydrogens is 755 g/mol. The molecule has 2 atom stereocenters. The Bertz CT molecular complexity index is 1150. The van der Waals surface area contributed by atoms with Gasteiger partial charge in [-0.15, -0.1) is 0 Å². The Morgan fingerprint density at radius 1 is 0.567 bits per heavy atom. The van der Waals surface area contributed by atoms with Crippen molar-refractivity contribution in [3.63, 3.8) is 0 Å². The number of unbranched alkanes of at least 4 members (excludes halogenated alkanes) is 20. The standard InChI is InChI=1S/C54H97NO4Si/c1-6-8-10-12-14-16-18-20-22-24-26-28-30-32-35-42-48-57-54(46-40-33-31-29-27-25-23-21-19-17-15-13-11-9-7-2)59-60(4,5)58-49-43-36-34-41-47-55(3)53(51-56)50-52-44-38-37-39-45-52/h14-17,20-23,37-39,44-45,53-54,56H,6-13,18-19,24-36,40-43,46-51H2,1-5H3/b16-14-,17-15-,22-20-,23-21-/t53-,54?/m0/s1. The Morgan fingerprint density at radius 2 is 1.03 bits per heavy atom. The minimum atomic E-state index is -2.31. The molecule has 0 bridgehead atoms. The van der Waals surface area contributed by atoms with Crippen molar-refractivity contribution < 1.29 is 18.7 Å². The summed E-state index contributed by atoms with van der Waals surface area (Å²) >= 11 is 0. The van der Waals surface area contributed by atoms with E-state index in [2.05, 4.69) is 112 Å². The number of ether oxygens (including phenoxy) is 1. The van der Waals surface area contributed by atoms with Crippen molar-refractivity contribution >= 4 is 8.56 Å². The van der Waals surface area contributed by atoms with Crippen molar-refractivity contribution in [2.24, 2.45) is 0 Å². The highest BCUT2D eigenvalue weighted by molar-refractivity contribution is 6.64. The Kier molecular flexibility index (Phi) is 39.8. The zero-order valence-corrected chi connectivity index (χ0v) is 41.1. The molecule has 0 aliphatic rings. The van der Waals surface area contributed by atoms with Gasteiger partial charge in [0, 0.05) is 19.3 Å². The van der Waals surface area contributed by atoms with Gasteiger partial charge in [-0.2, -0.15) is 0 Å². The molecule has 346 valence electrons. The largest absolute Gasteiger partial charge is 0.395 e. The summed E-state index contributed by atoms with van der Waals surface area (Å²) in [5, 5.41) is 9.99. The summed E-state index contributed by atoms with van der Waals surface area (Å²) in [7, 11) is -0.172. The highest BCUT2D eigenvalue weighted by Crippen LogP contribution is 2.19. The molecule has 1 unspecified atom stereocenters. The van der Waals surface area contributed by atoms with Crippen LogP contribution in [0, 0.1) is 0 Å². The molecule has 1 rings (SSSR count). The molecule has 0 radical (unpaired) electrons. The third-order valence-corrected chi connectivity index (χ3v) is 13.2. The highest BCUT2D eigenvalue weighted by atomic mass is 28.4. The second-order valence-electron chi connectivity index (χ2n) is 17.7. The predicted molar refractivity (Wildman–Crippen MR) is 265 cm³/mol. The quantitative estimate of drug-likeness (QED) is 0.0307. The van der Waals surface area contributed by atoms with Gasteiger partial charge in [0.1, 0.15) is 6.29 Å². The molecule has 0 fully saturated rings. The zero-order valence-electron chi connectivity index (χ0n) is 40.1. The van der Waals surface area contributed by atoms with Crippen LogP contribution >= 0.6 is 0 Å². The van der Waals surface area contributed by atoms with Crippen molar-refractivity contribution in [3.05, 3.63) is 84.5 Å². The van der Waals surface area contributed by atoms with E-state index in [1.807, 2.05) is 6.07 Å². The smallest absolute Gasteiger partial charge is 0.333 e. The lowest BCUT2D eigenvalue weighted by Gasteiger charge is -2.29. The van der Waals surface area contributed by atoms with E-state index < -0.39 is 8.56 Å². The van der Waals surface area contributed by atoms with Gasteiger partial charge in [0.2, 0.25) is 0 Å². The maximum absolute atomic E-state index is 9.99. The third kappa shape index (κ3) is 36.8. The SMILES string of the molecule is CCCCC/C=C\C/C=C\CCCCCCCCOC(CCCCCCC/C=C\C/C=C\CCCCC)O[Si](C)(C)OCCCCCCN(C)[C@H](CO)Cc1ccccc1. The van der Waals surface area contributed by atoms with Gasteiger partial charge in [0.15, 0.2) is 0 Å². The second kappa shape index (κ2) is 42.5. The molecule has 0 saturated heterocycles. The molecular formula is C54H97NO4Si. The molecule has 0 spiro atoms. The average molecular weight is 852 g/mol. The van der Waals surface area contributed by atoms with Crippen LogP contribution in [0.5, 0.6) is 0 Å². The molecule has 0 saturated carbocycles. The van der Waals surface area contributed by atoms with Crippen LogP contribution in [0.2, 0.25) is 13.1 Å². The maximum Gasteiger partial charge on any atom is 0.333 e. The molecule has 0 aliphatic carbocycles. The fourth-order valence-electron chi connectivity index (χ4n) is 7.52. The van der Waals surface area contributed by atoms with Crippen molar-refractivity contribution in [1.82, 2.24) is 4.90 Å². The number of likely N-dealkylation sites (N-methyl/N-ethyl adjacent to an activating group) is 1. The molecule has 1 aromatic carbocycles. The first-order valence-corrected chi connectivity index (χ1v) is 28.1. The number of allylic oxidation sites excluding steroid dienone is 8. The second-order valence-corrected chi connectivity index (χ2v) is 21.0. The average Bonchev–Trinajstić information content (AvgIpc) is 3.24. The first-order valence-electron chi connectivity index (χ1n) is 25.3. The lowest BCUT2D eigenvalue weighted by Crippen LogP contribution is -2.40. The van der Waals surface area contributed by atoms with E-state index in [9.17, 15) is 5.11 Å². The van der Waals surface area contributed by atoms with Crippen molar-refractivity contribution in [3.8, 4) is 0 Å². The van der Waals surface area contributed by atoms with Gasteiger partial charge < -0.3 is 23.6 Å². The van der Waals surface area contributed by atoms with E-state index >= 15 is 0 Å². The van der Waals surface area contributed by atoms with E-state index in [0.717, 1.165) is 77.5 Å². The third-order valence-electron chi connectivity index (χ3n) is 11.5. The van der Waals surface area contributed by atoms with Crippen molar-refractivity contribution in [2.75, 3.05) is 33.4 Å². The van der Waals surface area contributed by atoms with E-state index in [1.165, 1.54) is 134 Å². The lowest BCUT2D eigenvalue weighted by molar-refractivity contribution is -0.104. The molecule has 0 amide bonds. The predicted octanol–water partition coefficient (Wildman–Crippen LogP) is 15.8. The molecule has 1 N–H and O–H groups in total. The first kappa shape index (κ1) is 56.2. The minimum Gasteiger partial charge on any atom is -0.395 e. The van der Waals surface area contributed by atoms with Crippen LogP contribution < -0.4 is 0 Å². The maximum atomic E-state index is 9.99. The minimum absolute atomic E-state index is 0.159. The summed E-state index contributed by atoms with van der Waals surface area (Å²) in [4.78, 5) is 2.32. The van der Waals surface area contributed by atoms with Crippen LogP contribution in [-0.2, 0) is 20.0 Å². The van der Waals surface area contributed by atoms with E-state index in [4.69, 9.17) is 13.6 Å². The van der Waals surface area contributed by atoms with E-state index in [0.29, 0.717) is 0 Å². The number of aliphatic hydroxyl groups is 1. The summed E-state index contributed by atoms with van der Waals surface area (Å²) in [5.74, 6) is 0. The molecule has 5 nitrogen and oxygen atoms in total. The molecule has 6 heteroatoms. The Labute approximate surface area is 374 Å². The molecule has 0 aromatic heterocycles. The fraction of sp³-hybridized carbons (Fsp3) is 0.741. The van der Waals surface area contributed by atoms with Crippen LogP contribution in [0.3, 0.4) is 0 Å². The van der Waals surface area contributed by atoms with Crippen LogP contribution in [0.4, 0.5) is 0 Å². The van der Waals surface area contributed by atoms with Gasteiger partial charge in [-0.3, -0.25) is 0 Å². The Hall–Kier alpha value is -1.80. The van der Waals surface area contributed by atoms with Gasteiger partial charge in [-0.25, -0.2) is 0 Å². The topological polar surface area (TPSA) is 51.2 Å². The Morgan fingerprint density at radius 3 is 1.57 bits per heavy atom. The summed E-state index contributed by atoms with van der Waals surface area (Å²) < 4.78 is 19.6. The van der Waals surface area contributed by atoms with Crippen molar-refractivity contribution in [2.45, 2.75) is 225 Å². The van der Waals surface area contributed by atoms with Crippen LogP contribution in [0.25, 0.3) is 0 Å². The lowest BCUT2D eigenvalue weighted by atomic mass is 10.1. The van der Waals surface area contributed by atoms with Crippen LogP contribution in [0.1, 0.15) is 199 Å². The number of rotatable bonds is 44. The summed E-state index contributed by atoms with van der Waals surface area (Å²) in [5.41, 5.74) is 1.28. The molecule has 1 aromatic rings. The normalized spacial score (nSPS) is 13.7. The number of hydrogen-bond donors (Lipinski definition) is 1. The fourth-order valence-corrected chi connectivity index (χ4v) is 9.04. The molecule has 0 heterocycles. The van der Waals surface area contributed by atoms with Crippen LogP contribution in [-0.4, -0.2) is 64.3 Å². The van der Waals surface area contributed by atoms with Gasteiger partial charge >= 0.3 is 8.56 Å². The Balaban J connectivity index is 2.35. The molecule has 0 aliphatic heterocycles. The van der Waals surface area contributed by atoms with Crippen LogP contribution in [0.15, 0.2) is 78.9 Å². The van der Waals surface area contributed by atoms with Gasteiger partial charge in [0.05, 0.1) is 6.61 Å². The summed E-state index contributed by atoms with van der Waals surface area (Å²) in [6.07, 6.45) is 53.7. The van der Waals surface area contributed by atoms with Crippen molar-refractivity contribution in [1.29, 1.82) is 0 Å². The van der Waals surface area contributed by atoms with E-state index in [-0.39, 0.29) is 18.9 Å². The molecule has 60 heavy (non-hydrogen) atoms. The van der Waals surface area contributed by atoms with Gasteiger partial charge in [-0.05, 0) is 135 Å². The monoisotopic (exact) mass is 852 g/mol. The number of aliphatic hydroxyl groups excluding tert-OH is 1. The zero-order chi connectivity index (χ0) is 43.5. The number of benzene rings is 1. The highest BCUT2D eigenvalue weighted by Gasteiger charge is 2.29. The van der Waals surface area contributed by atoms with E-state index in [1.54, 1.807) is 0 Å². The van der Waals surface area contributed by atoms with Gasteiger partial charge in [-0.1, -0.05) is 176 Å². The van der Waals surface area contributed by atoms with Gasteiger partial charge in [0.25, 0.3) is 0 Å². The first-order chi connectivity index (χ1) is 29.4.